The molecule has 2 atom stereocenters. The van der Waals surface area contributed by atoms with Gasteiger partial charge in [0.2, 0.25) is 0 Å². The number of nitrogens with zero attached hydrogens (tertiary/aromatic N) is 2. The van der Waals surface area contributed by atoms with Crippen LogP contribution in [0.15, 0.2) is 52.9 Å². The molecule has 0 radical (unpaired) electrons. The van der Waals surface area contributed by atoms with Crippen LogP contribution in [0.1, 0.15) is 19.4 Å². The molecule has 5 nitrogen and oxygen atoms in total. The molecule has 1 aromatic heterocycles. The second-order valence-electron chi connectivity index (χ2n) is 6.76. The van der Waals surface area contributed by atoms with E-state index in [4.69, 9.17) is 4.74 Å². The third-order valence-corrected chi connectivity index (χ3v) is 6.84. The van der Waals surface area contributed by atoms with Crippen molar-refractivity contribution in [2.24, 2.45) is 0 Å². The Hall–Kier alpha value is -2.38. The van der Waals surface area contributed by atoms with Gasteiger partial charge >= 0.3 is 5.97 Å². The summed E-state index contributed by atoms with van der Waals surface area (Å²) in [5, 5.41) is 0. The molecule has 0 bridgehead atoms. The number of hydrogen-bond acceptors (Lipinski definition) is 6. The largest absolute Gasteiger partial charge is 0.452 e. The minimum Gasteiger partial charge on any atom is -0.452 e. The quantitative estimate of drug-likeness (QED) is 0.462. The number of amides is 1. The van der Waals surface area contributed by atoms with Crippen LogP contribution in [0.2, 0.25) is 0 Å². The Morgan fingerprint density at radius 1 is 1.25 bits per heavy atom. The van der Waals surface area contributed by atoms with E-state index in [2.05, 4.69) is 4.98 Å². The number of benzene rings is 2. The average Bonchev–Trinajstić information content (AvgIpc) is 3.25. The predicted octanol–water partition coefficient (Wildman–Crippen LogP) is 4.30. The minimum atomic E-state index is -0.822. The molecule has 1 amide bonds. The van der Waals surface area contributed by atoms with Crippen LogP contribution in [0, 0.1) is 0 Å². The summed E-state index contributed by atoms with van der Waals surface area (Å²) in [6.45, 7) is 3.64. The second kappa shape index (κ2) is 7.93. The lowest BCUT2D eigenvalue weighted by Crippen LogP contribution is -2.43. The summed E-state index contributed by atoms with van der Waals surface area (Å²) in [5.41, 5.74) is 2.98. The molecule has 0 N–H and O–H groups in total. The summed E-state index contributed by atoms with van der Waals surface area (Å²) in [7, 11) is 0. The first-order chi connectivity index (χ1) is 13.5. The van der Waals surface area contributed by atoms with Crippen molar-refractivity contribution in [3.63, 3.8) is 0 Å². The highest BCUT2D eigenvalue weighted by atomic mass is 32.2. The second-order valence-corrected chi connectivity index (χ2v) is 9.01. The van der Waals surface area contributed by atoms with Gasteiger partial charge in [-0.15, -0.1) is 11.3 Å². The summed E-state index contributed by atoms with van der Waals surface area (Å²) in [4.78, 5) is 31.4. The van der Waals surface area contributed by atoms with Crippen molar-refractivity contribution in [2.75, 3.05) is 10.7 Å². The van der Waals surface area contributed by atoms with Gasteiger partial charge in [-0.05, 0) is 44.0 Å². The Labute approximate surface area is 171 Å². The normalized spacial score (nSPS) is 16.8. The molecule has 4 rings (SSSR count). The lowest BCUT2D eigenvalue weighted by Gasteiger charge is -2.25. The molecule has 0 saturated heterocycles. The molecule has 3 aromatic rings. The number of aromatic nitrogens is 1. The van der Waals surface area contributed by atoms with Crippen molar-refractivity contribution in [3.8, 4) is 0 Å². The van der Waals surface area contributed by atoms with Gasteiger partial charge in [-0.3, -0.25) is 9.59 Å². The summed E-state index contributed by atoms with van der Waals surface area (Å²) >= 11 is 2.88. The van der Waals surface area contributed by atoms with E-state index in [1.54, 1.807) is 23.2 Å². The van der Waals surface area contributed by atoms with E-state index in [1.807, 2.05) is 55.5 Å². The van der Waals surface area contributed by atoms with Gasteiger partial charge < -0.3 is 9.64 Å². The topological polar surface area (TPSA) is 59.5 Å². The number of rotatable bonds is 5. The van der Waals surface area contributed by atoms with Crippen LogP contribution in [0.3, 0.4) is 0 Å². The summed E-state index contributed by atoms with van der Waals surface area (Å²) < 4.78 is 7.31. The fraction of sp³-hybridized carbons (Fsp3) is 0.286. The van der Waals surface area contributed by atoms with Gasteiger partial charge in [0.25, 0.3) is 5.91 Å². The molecule has 28 heavy (non-hydrogen) atoms. The SMILES string of the molecule is C[C@@H]1Cc2ccccc2N1C(=O)[C@@H](C)OC(=O)CSc1nc2ccccc2s1. The molecule has 0 spiro atoms. The number of thiazole rings is 1. The number of hydrogen-bond donors (Lipinski definition) is 0. The Balaban J connectivity index is 1.36. The monoisotopic (exact) mass is 412 g/mol. The van der Waals surface area contributed by atoms with Crippen LogP contribution in [0.5, 0.6) is 0 Å². The number of thioether (sulfide) groups is 1. The van der Waals surface area contributed by atoms with E-state index in [9.17, 15) is 9.59 Å². The average molecular weight is 413 g/mol. The zero-order chi connectivity index (χ0) is 19.7. The van der Waals surface area contributed by atoms with Gasteiger partial charge in [-0.25, -0.2) is 4.98 Å². The number of anilines is 1. The van der Waals surface area contributed by atoms with Gasteiger partial charge in [0.1, 0.15) is 0 Å². The van der Waals surface area contributed by atoms with Gasteiger partial charge in [-0.1, -0.05) is 42.1 Å². The maximum atomic E-state index is 12.9. The number of ether oxygens (including phenoxy) is 1. The molecule has 0 fully saturated rings. The highest BCUT2D eigenvalue weighted by Gasteiger charge is 2.34. The van der Waals surface area contributed by atoms with Crippen molar-refractivity contribution in [1.82, 2.24) is 4.98 Å². The summed E-state index contributed by atoms with van der Waals surface area (Å²) in [6.07, 6.45) is -0.00664. The predicted molar refractivity (Wildman–Crippen MR) is 113 cm³/mol. The Bertz CT molecular complexity index is 1000. The van der Waals surface area contributed by atoms with Crippen LogP contribution < -0.4 is 4.90 Å². The Morgan fingerprint density at radius 3 is 2.82 bits per heavy atom. The van der Waals surface area contributed by atoms with Crippen LogP contribution in [0.4, 0.5) is 5.69 Å². The number of carbonyl (C=O) groups is 2. The third kappa shape index (κ3) is 3.77. The highest BCUT2D eigenvalue weighted by molar-refractivity contribution is 8.01. The van der Waals surface area contributed by atoms with Crippen molar-refractivity contribution in [2.45, 2.75) is 36.8 Å². The molecular weight excluding hydrogens is 392 g/mol. The standard InChI is InChI=1S/C21H20N2O3S2/c1-13-11-15-7-3-5-9-17(15)23(13)20(25)14(2)26-19(24)12-27-21-22-16-8-4-6-10-18(16)28-21/h3-10,13-14H,11-12H2,1-2H3/t13-,14-/m1/s1. The minimum absolute atomic E-state index is 0.0585. The molecule has 7 heteroatoms. The lowest BCUT2D eigenvalue weighted by atomic mass is 10.1. The van der Waals surface area contributed by atoms with E-state index in [-0.39, 0.29) is 17.7 Å². The summed E-state index contributed by atoms with van der Waals surface area (Å²) in [6, 6.07) is 15.8. The fourth-order valence-electron chi connectivity index (χ4n) is 3.41. The molecule has 2 heterocycles. The van der Waals surface area contributed by atoms with E-state index in [0.29, 0.717) is 0 Å². The molecule has 144 valence electrons. The van der Waals surface area contributed by atoms with Crippen molar-refractivity contribution in [1.29, 1.82) is 0 Å². The van der Waals surface area contributed by atoms with Crippen molar-refractivity contribution in [3.05, 3.63) is 54.1 Å². The number of fused-ring (bicyclic) bond motifs is 2. The van der Waals surface area contributed by atoms with Crippen LogP contribution in [-0.2, 0) is 20.7 Å². The maximum Gasteiger partial charge on any atom is 0.317 e. The number of para-hydroxylation sites is 2. The smallest absolute Gasteiger partial charge is 0.317 e. The molecule has 0 saturated carbocycles. The number of carbonyl (C=O) groups excluding carboxylic acids is 2. The van der Waals surface area contributed by atoms with Gasteiger partial charge in [0.15, 0.2) is 10.4 Å². The van der Waals surface area contributed by atoms with E-state index in [0.717, 1.165) is 32.2 Å². The Morgan fingerprint density at radius 2 is 2.00 bits per heavy atom. The first-order valence-electron chi connectivity index (χ1n) is 9.12. The first kappa shape index (κ1) is 19.0. The Kier molecular flexibility index (Phi) is 5.37. The van der Waals surface area contributed by atoms with E-state index >= 15 is 0 Å². The first-order valence-corrected chi connectivity index (χ1v) is 10.9. The van der Waals surface area contributed by atoms with Gasteiger partial charge in [-0.2, -0.15) is 0 Å². The van der Waals surface area contributed by atoms with Gasteiger partial charge in [0.05, 0.1) is 16.0 Å². The molecule has 0 unspecified atom stereocenters. The molecule has 1 aliphatic heterocycles. The highest BCUT2D eigenvalue weighted by Crippen LogP contribution is 2.33. The molecule has 2 aromatic carbocycles. The maximum absolute atomic E-state index is 12.9. The van der Waals surface area contributed by atoms with Gasteiger partial charge in [0, 0.05) is 11.7 Å². The van der Waals surface area contributed by atoms with Crippen LogP contribution >= 0.6 is 23.1 Å². The van der Waals surface area contributed by atoms with Crippen molar-refractivity contribution < 1.29 is 14.3 Å². The van der Waals surface area contributed by atoms with Crippen LogP contribution in [0.25, 0.3) is 10.2 Å². The third-order valence-electron chi connectivity index (χ3n) is 4.69. The molecule has 1 aliphatic rings. The zero-order valence-electron chi connectivity index (χ0n) is 15.6. The van der Waals surface area contributed by atoms with Crippen molar-refractivity contribution >= 4 is 50.9 Å². The lowest BCUT2D eigenvalue weighted by molar-refractivity contribution is -0.151. The fourth-order valence-corrected chi connectivity index (χ4v) is 5.26. The van der Waals surface area contributed by atoms with Crippen LogP contribution in [-0.4, -0.2) is 34.8 Å². The zero-order valence-corrected chi connectivity index (χ0v) is 17.3. The molecular formula is C21H20N2O3S2. The van der Waals surface area contributed by atoms with E-state index in [1.165, 1.54) is 11.8 Å². The van der Waals surface area contributed by atoms with E-state index < -0.39 is 12.1 Å². The summed E-state index contributed by atoms with van der Waals surface area (Å²) in [5.74, 6) is -0.468. The molecule has 0 aliphatic carbocycles. The number of esters is 1.